The third-order valence-corrected chi connectivity index (χ3v) is 4.99. The summed E-state index contributed by atoms with van der Waals surface area (Å²) in [6.45, 7) is 0. The first-order valence-corrected chi connectivity index (χ1v) is 8.13. The lowest BCUT2D eigenvalue weighted by Gasteiger charge is -2.07. The van der Waals surface area contributed by atoms with Crippen molar-refractivity contribution in [3.63, 3.8) is 0 Å². The predicted molar refractivity (Wildman–Crippen MR) is 85.5 cm³/mol. The number of fused-ring (bicyclic) bond motifs is 1. The molecule has 0 aliphatic carbocycles. The first-order chi connectivity index (χ1) is 10.3. The van der Waals surface area contributed by atoms with Crippen LogP contribution in [0.1, 0.15) is 10.4 Å². The van der Waals surface area contributed by atoms with E-state index >= 15 is 0 Å². The van der Waals surface area contributed by atoms with E-state index in [0.717, 1.165) is 15.2 Å². The average Bonchev–Trinajstić information content (AvgIpc) is 3.01. The van der Waals surface area contributed by atoms with Crippen LogP contribution in [-0.4, -0.2) is 28.6 Å². The lowest BCUT2D eigenvalue weighted by molar-refractivity contribution is 0.101. The Kier molecular flexibility index (Phi) is 4.17. The van der Waals surface area contributed by atoms with E-state index in [0.29, 0.717) is 17.1 Å². The minimum absolute atomic E-state index is 0.0285. The Bertz CT molecular complexity index is 786. The number of para-hydroxylation sites is 1. The molecule has 0 amide bonds. The van der Waals surface area contributed by atoms with Crippen LogP contribution in [-0.2, 0) is 0 Å². The summed E-state index contributed by atoms with van der Waals surface area (Å²) >= 11 is 3.02. The van der Waals surface area contributed by atoms with Crippen LogP contribution in [0.4, 0.5) is 0 Å². The molecule has 6 heteroatoms. The largest absolute Gasteiger partial charge is 0.496 e. The van der Waals surface area contributed by atoms with E-state index in [1.165, 1.54) is 18.1 Å². The smallest absolute Gasteiger partial charge is 0.176 e. The van der Waals surface area contributed by atoms with E-state index in [4.69, 9.17) is 4.74 Å². The Labute approximate surface area is 130 Å². The minimum Gasteiger partial charge on any atom is -0.496 e. The highest BCUT2D eigenvalue weighted by Crippen LogP contribution is 2.29. The minimum atomic E-state index is 0.0285. The van der Waals surface area contributed by atoms with Crippen LogP contribution in [0.5, 0.6) is 5.75 Å². The number of hydrogen-bond donors (Lipinski definition) is 0. The van der Waals surface area contributed by atoms with Gasteiger partial charge >= 0.3 is 0 Å². The number of thiophene rings is 1. The molecular formula is C15H12N2O2S2. The molecule has 1 aromatic carbocycles. The molecule has 4 nitrogen and oxygen atoms in total. The van der Waals surface area contributed by atoms with Crippen molar-refractivity contribution in [2.45, 2.75) is 5.03 Å². The summed E-state index contributed by atoms with van der Waals surface area (Å²) in [4.78, 5) is 20.8. The summed E-state index contributed by atoms with van der Waals surface area (Å²) in [7, 11) is 1.57. The van der Waals surface area contributed by atoms with E-state index in [2.05, 4.69) is 9.97 Å². The predicted octanol–water partition coefficient (Wildman–Crippen LogP) is 3.67. The monoisotopic (exact) mass is 316 g/mol. The van der Waals surface area contributed by atoms with Crippen LogP contribution >= 0.6 is 23.1 Å². The van der Waals surface area contributed by atoms with Gasteiger partial charge < -0.3 is 4.74 Å². The third-order valence-electron chi connectivity index (χ3n) is 2.96. The zero-order valence-corrected chi connectivity index (χ0v) is 12.9. The number of carbonyl (C=O) groups excluding carboxylic acids is 1. The Morgan fingerprint density at radius 3 is 3.00 bits per heavy atom. The highest BCUT2D eigenvalue weighted by atomic mass is 32.2. The zero-order valence-electron chi connectivity index (χ0n) is 11.3. The molecule has 0 saturated carbocycles. The number of benzene rings is 1. The molecule has 2 aromatic heterocycles. The third kappa shape index (κ3) is 2.91. The number of ether oxygens (including phenoxy) is 1. The maximum Gasteiger partial charge on any atom is 0.176 e. The fourth-order valence-corrected chi connectivity index (χ4v) is 3.79. The number of Topliss-reactive ketones (excluding diaryl/α,β-unsaturated/α-hetero) is 1. The van der Waals surface area contributed by atoms with Crippen LogP contribution in [0, 0.1) is 0 Å². The SMILES string of the molecule is COc1ccccc1C(=O)CSc1ncnc2ccsc12. The number of ketones is 1. The van der Waals surface area contributed by atoms with Gasteiger partial charge in [-0.1, -0.05) is 23.9 Å². The molecule has 0 aliphatic rings. The molecule has 0 aliphatic heterocycles. The molecule has 0 unspecified atom stereocenters. The van der Waals surface area contributed by atoms with Gasteiger partial charge in [0.15, 0.2) is 5.78 Å². The van der Waals surface area contributed by atoms with Gasteiger partial charge in [-0.25, -0.2) is 9.97 Å². The Morgan fingerprint density at radius 2 is 2.14 bits per heavy atom. The zero-order chi connectivity index (χ0) is 14.7. The van der Waals surface area contributed by atoms with Crippen LogP contribution in [0.3, 0.4) is 0 Å². The molecular weight excluding hydrogens is 304 g/mol. The van der Waals surface area contributed by atoms with Gasteiger partial charge in [0.25, 0.3) is 0 Å². The normalized spacial score (nSPS) is 10.7. The number of rotatable bonds is 5. The van der Waals surface area contributed by atoms with E-state index in [1.54, 1.807) is 30.6 Å². The number of nitrogens with zero attached hydrogens (tertiary/aromatic N) is 2. The molecule has 0 N–H and O–H groups in total. The van der Waals surface area contributed by atoms with Crippen LogP contribution < -0.4 is 4.74 Å². The fourth-order valence-electron chi connectivity index (χ4n) is 1.96. The molecule has 0 spiro atoms. The van der Waals surface area contributed by atoms with Crippen molar-refractivity contribution in [1.29, 1.82) is 0 Å². The van der Waals surface area contributed by atoms with Crippen molar-refractivity contribution >= 4 is 39.1 Å². The maximum absolute atomic E-state index is 12.3. The number of carbonyl (C=O) groups is 1. The van der Waals surface area contributed by atoms with Crippen molar-refractivity contribution < 1.29 is 9.53 Å². The lowest BCUT2D eigenvalue weighted by atomic mass is 10.1. The van der Waals surface area contributed by atoms with Gasteiger partial charge in [0.1, 0.15) is 17.1 Å². The summed E-state index contributed by atoms with van der Waals surface area (Å²) in [5.74, 6) is 0.956. The molecule has 0 atom stereocenters. The van der Waals surface area contributed by atoms with Crippen molar-refractivity contribution in [3.05, 3.63) is 47.6 Å². The Hall–Kier alpha value is -1.92. The molecule has 0 radical (unpaired) electrons. The Morgan fingerprint density at radius 1 is 1.29 bits per heavy atom. The molecule has 21 heavy (non-hydrogen) atoms. The molecule has 3 aromatic rings. The van der Waals surface area contributed by atoms with E-state index in [9.17, 15) is 4.79 Å². The average molecular weight is 316 g/mol. The fraction of sp³-hybridized carbons (Fsp3) is 0.133. The number of methoxy groups -OCH3 is 1. The van der Waals surface area contributed by atoms with Crippen molar-refractivity contribution in [1.82, 2.24) is 9.97 Å². The van der Waals surface area contributed by atoms with E-state index in [1.807, 2.05) is 23.6 Å². The van der Waals surface area contributed by atoms with Gasteiger partial charge in [-0.3, -0.25) is 4.79 Å². The first-order valence-electron chi connectivity index (χ1n) is 6.27. The van der Waals surface area contributed by atoms with Crippen LogP contribution in [0.2, 0.25) is 0 Å². The topological polar surface area (TPSA) is 52.1 Å². The molecule has 2 heterocycles. The first kappa shape index (κ1) is 14.0. The second-order valence-corrected chi connectivity index (χ2v) is 6.11. The van der Waals surface area contributed by atoms with Gasteiger partial charge in [-0.2, -0.15) is 0 Å². The van der Waals surface area contributed by atoms with Crippen LogP contribution in [0.15, 0.2) is 47.1 Å². The van der Waals surface area contributed by atoms with Gasteiger partial charge in [0.05, 0.1) is 28.6 Å². The van der Waals surface area contributed by atoms with E-state index < -0.39 is 0 Å². The summed E-state index contributed by atoms with van der Waals surface area (Å²) in [6, 6.07) is 9.21. The molecule has 106 valence electrons. The number of aromatic nitrogens is 2. The van der Waals surface area contributed by atoms with Crippen molar-refractivity contribution in [2.75, 3.05) is 12.9 Å². The Balaban J connectivity index is 1.78. The molecule has 3 rings (SSSR count). The van der Waals surface area contributed by atoms with Gasteiger partial charge in [0, 0.05) is 0 Å². The molecule has 0 fully saturated rings. The van der Waals surface area contributed by atoms with Crippen molar-refractivity contribution in [2.24, 2.45) is 0 Å². The molecule has 0 saturated heterocycles. The number of hydrogen-bond acceptors (Lipinski definition) is 6. The maximum atomic E-state index is 12.3. The van der Waals surface area contributed by atoms with Crippen molar-refractivity contribution in [3.8, 4) is 5.75 Å². The summed E-state index contributed by atoms with van der Waals surface area (Å²) in [6.07, 6.45) is 1.53. The quantitative estimate of drug-likeness (QED) is 0.408. The standard InChI is InChI=1S/C15H12N2O2S2/c1-19-13-5-3-2-4-10(13)12(18)8-21-15-14-11(6-7-20-14)16-9-17-15/h2-7,9H,8H2,1H3. The van der Waals surface area contributed by atoms with Gasteiger partial charge in [0.2, 0.25) is 0 Å². The highest BCUT2D eigenvalue weighted by molar-refractivity contribution is 8.00. The molecule has 0 bridgehead atoms. The lowest BCUT2D eigenvalue weighted by Crippen LogP contribution is -2.05. The summed E-state index contributed by atoms with van der Waals surface area (Å²) < 4.78 is 6.25. The second-order valence-electron chi connectivity index (χ2n) is 4.23. The second kappa shape index (κ2) is 6.24. The summed E-state index contributed by atoms with van der Waals surface area (Å²) in [5.41, 5.74) is 1.52. The highest BCUT2D eigenvalue weighted by Gasteiger charge is 2.13. The van der Waals surface area contributed by atoms with Gasteiger partial charge in [-0.05, 0) is 23.6 Å². The van der Waals surface area contributed by atoms with Crippen LogP contribution in [0.25, 0.3) is 10.2 Å². The summed E-state index contributed by atoms with van der Waals surface area (Å²) in [5, 5.41) is 2.82. The van der Waals surface area contributed by atoms with E-state index in [-0.39, 0.29) is 5.78 Å². The number of thioether (sulfide) groups is 1. The van der Waals surface area contributed by atoms with Gasteiger partial charge in [-0.15, -0.1) is 11.3 Å².